The van der Waals surface area contributed by atoms with Gasteiger partial charge in [0.1, 0.15) is 11.1 Å². The highest BCUT2D eigenvalue weighted by Crippen LogP contribution is 2.37. The molecule has 0 unspecified atom stereocenters. The molecule has 2 aliphatic rings. The summed E-state index contributed by atoms with van der Waals surface area (Å²) in [6.45, 7) is 2.36. The van der Waals surface area contributed by atoms with Crippen LogP contribution >= 0.6 is 11.3 Å². The third kappa shape index (κ3) is 4.45. The molecule has 0 spiro atoms. The molecule has 0 atom stereocenters. The fourth-order valence-electron chi connectivity index (χ4n) is 4.44. The fraction of sp³-hybridized carbons (Fsp3) is 0.478. The normalized spacial score (nSPS) is 17.7. The molecule has 1 aromatic heterocycles. The molecule has 0 radical (unpaired) electrons. The Labute approximate surface area is 171 Å². The quantitative estimate of drug-likeness (QED) is 0.819. The van der Waals surface area contributed by atoms with E-state index in [2.05, 4.69) is 46.6 Å². The number of fused-ring (bicyclic) bond motifs is 1. The van der Waals surface area contributed by atoms with Crippen LogP contribution in [0.5, 0.6) is 0 Å². The van der Waals surface area contributed by atoms with Gasteiger partial charge in [-0.05, 0) is 75.1 Å². The number of aryl methyl sites for hydroxylation is 1. The number of piperidine rings is 1. The van der Waals surface area contributed by atoms with Crippen LogP contribution in [0.1, 0.15) is 47.3 Å². The van der Waals surface area contributed by atoms with Gasteiger partial charge in [0.25, 0.3) is 0 Å². The predicted molar refractivity (Wildman–Crippen MR) is 114 cm³/mol. The van der Waals surface area contributed by atoms with Crippen LogP contribution in [0, 0.1) is 17.2 Å². The number of anilines is 1. The summed E-state index contributed by atoms with van der Waals surface area (Å²) in [6.07, 6.45) is 7.75. The molecule has 1 aliphatic carbocycles. The molecule has 1 aliphatic heterocycles. The smallest absolute Gasteiger partial charge is 0.239 e. The first-order valence-corrected chi connectivity index (χ1v) is 11.2. The minimum Gasteiger partial charge on any atom is -0.315 e. The third-order valence-electron chi connectivity index (χ3n) is 5.98. The summed E-state index contributed by atoms with van der Waals surface area (Å²) in [5.41, 5.74) is 3.29. The number of amides is 1. The summed E-state index contributed by atoms with van der Waals surface area (Å²) in [6, 6.07) is 13.0. The van der Waals surface area contributed by atoms with Gasteiger partial charge in [-0.3, -0.25) is 9.69 Å². The highest BCUT2D eigenvalue weighted by Gasteiger charge is 2.24. The zero-order valence-electron chi connectivity index (χ0n) is 16.2. The molecule has 0 bridgehead atoms. The van der Waals surface area contributed by atoms with Crippen molar-refractivity contribution in [1.29, 1.82) is 5.26 Å². The first-order chi connectivity index (χ1) is 13.7. The SMILES string of the molecule is N#Cc1c(NC(=O)CN2CCC(Cc3ccccc3)CC2)sc2c1CCCC2. The number of rotatable bonds is 5. The zero-order chi connectivity index (χ0) is 19.3. The number of nitriles is 1. The molecule has 5 heteroatoms. The minimum atomic E-state index is 0.0107. The van der Waals surface area contributed by atoms with Gasteiger partial charge >= 0.3 is 0 Å². The number of hydrogen-bond donors (Lipinski definition) is 1. The molecule has 146 valence electrons. The van der Waals surface area contributed by atoms with Gasteiger partial charge in [-0.15, -0.1) is 11.3 Å². The first kappa shape index (κ1) is 19.2. The molecule has 1 aromatic carbocycles. The maximum Gasteiger partial charge on any atom is 0.239 e. The average Bonchev–Trinajstić information content (AvgIpc) is 3.07. The fourth-order valence-corrected chi connectivity index (χ4v) is 5.69. The summed E-state index contributed by atoms with van der Waals surface area (Å²) in [5, 5.41) is 13.3. The molecule has 0 saturated carbocycles. The van der Waals surface area contributed by atoms with E-state index in [1.54, 1.807) is 11.3 Å². The Kier molecular flexibility index (Phi) is 6.09. The van der Waals surface area contributed by atoms with Crippen molar-refractivity contribution in [2.24, 2.45) is 5.92 Å². The second-order valence-electron chi connectivity index (χ2n) is 7.98. The zero-order valence-corrected chi connectivity index (χ0v) is 17.1. The standard InChI is InChI=1S/C23H27N3OS/c24-15-20-19-8-4-5-9-21(19)28-23(20)25-22(27)16-26-12-10-18(11-13-26)14-17-6-2-1-3-7-17/h1-3,6-7,18H,4-5,8-14,16H2,(H,25,27). The van der Waals surface area contributed by atoms with E-state index in [9.17, 15) is 10.1 Å². The van der Waals surface area contributed by atoms with Gasteiger partial charge in [0, 0.05) is 4.88 Å². The van der Waals surface area contributed by atoms with Crippen molar-refractivity contribution < 1.29 is 4.79 Å². The van der Waals surface area contributed by atoms with Crippen LogP contribution < -0.4 is 5.32 Å². The largest absolute Gasteiger partial charge is 0.315 e. The van der Waals surface area contributed by atoms with Crippen LogP contribution in [0.25, 0.3) is 0 Å². The topological polar surface area (TPSA) is 56.1 Å². The Bertz CT molecular complexity index is 860. The lowest BCUT2D eigenvalue weighted by Gasteiger charge is -2.31. The molecule has 2 aromatic rings. The van der Waals surface area contributed by atoms with Gasteiger partial charge in [-0.25, -0.2) is 0 Å². The second-order valence-corrected chi connectivity index (χ2v) is 9.09. The summed E-state index contributed by atoms with van der Waals surface area (Å²) in [7, 11) is 0. The summed E-state index contributed by atoms with van der Waals surface area (Å²) < 4.78 is 0. The minimum absolute atomic E-state index is 0.0107. The number of carbonyl (C=O) groups excluding carboxylic acids is 1. The lowest BCUT2D eigenvalue weighted by Crippen LogP contribution is -2.39. The van der Waals surface area contributed by atoms with Crippen LogP contribution in [0.3, 0.4) is 0 Å². The van der Waals surface area contributed by atoms with E-state index in [4.69, 9.17) is 0 Å². The van der Waals surface area contributed by atoms with Crippen LogP contribution in [-0.2, 0) is 24.1 Å². The Morgan fingerprint density at radius 3 is 2.68 bits per heavy atom. The van der Waals surface area contributed by atoms with Gasteiger partial charge in [0.2, 0.25) is 5.91 Å². The summed E-state index contributed by atoms with van der Waals surface area (Å²) >= 11 is 1.61. The number of likely N-dealkylation sites (tertiary alicyclic amines) is 1. The lowest BCUT2D eigenvalue weighted by atomic mass is 9.90. The van der Waals surface area contributed by atoms with Crippen molar-refractivity contribution >= 4 is 22.2 Å². The van der Waals surface area contributed by atoms with Gasteiger partial charge in [0.15, 0.2) is 0 Å². The molecule has 2 heterocycles. The maximum absolute atomic E-state index is 12.6. The van der Waals surface area contributed by atoms with Crippen LogP contribution in [0.4, 0.5) is 5.00 Å². The second kappa shape index (κ2) is 8.89. The summed E-state index contributed by atoms with van der Waals surface area (Å²) in [4.78, 5) is 16.1. The van der Waals surface area contributed by atoms with E-state index in [-0.39, 0.29) is 5.91 Å². The molecule has 4 nitrogen and oxygen atoms in total. The molecular weight excluding hydrogens is 366 g/mol. The Balaban J connectivity index is 1.28. The van der Waals surface area contributed by atoms with E-state index in [0.29, 0.717) is 18.0 Å². The lowest BCUT2D eigenvalue weighted by molar-refractivity contribution is -0.117. The van der Waals surface area contributed by atoms with Crippen molar-refractivity contribution in [2.45, 2.75) is 44.9 Å². The van der Waals surface area contributed by atoms with Crippen LogP contribution in [0.15, 0.2) is 30.3 Å². The van der Waals surface area contributed by atoms with Gasteiger partial charge < -0.3 is 5.32 Å². The molecule has 28 heavy (non-hydrogen) atoms. The van der Waals surface area contributed by atoms with Crippen molar-refractivity contribution in [3.8, 4) is 6.07 Å². The molecule has 4 rings (SSSR count). The van der Waals surface area contributed by atoms with Crippen molar-refractivity contribution in [3.63, 3.8) is 0 Å². The van der Waals surface area contributed by atoms with Gasteiger partial charge in [-0.2, -0.15) is 5.26 Å². The van der Waals surface area contributed by atoms with Crippen LogP contribution in [0.2, 0.25) is 0 Å². The molecule has 1 saturated heterocycles. The van der Waals surface area contributed by atoms with E-state index in [1.807, 2.05) is 0 Å². The van der Waals surface area contributed by atoms with Crippen molar-refractivity contribution in [3.05, 3.63) is 51.9 Å². The average molecular weight is 394 g/mol. The van der Waals surface area contributed by atoms with Crippen molar-refractivity contribution in [1.82, 2.24) is 4.90 Å². The first-order valence-electron chi connectivity index (χ1n) is 10.3. The van der Waals surface area contributed by atoms with Gasteiger partial charge in [0.05, 0.1) is 12.1 Å². The highest BCUT2D eigenvalue weighted by molar-refractivity contribution is 7.16. The van der Waals surface area contributed by atoms with Crippen LogP contribution in [-0.4, -0.2) is 30.4 Å². The third-order valence-corrected chi connectivity index (χ3v) is 7.18. The maximum atomic E-state index is 12.6. The number of nitrogens with one attached hydrogen (secondary N) is 1. The summed E-state index contributed by atoms with van der Waals surface area (Å²) in [5.74, 6) is 0.715. The Morgan fingerprint density at radius 1 is 1.18 bits per heavy atom. The molecule has 1 N–H and O–H groups in total. The number of benzene rings is 1. The van der Waals surface area contributed by atoms with Gasteiger partial charge in [-0.1, -0.05) is 30.3 Å². The number of carbonyl (C=O) groups is 1. The molecular formula is C23H27N3OS. The highest BCUT2D eigenvalue weighted by atomic mass is 32.1. The molecule has 1 amide bonds. The monoisotopic (exact) mass is 393 g/mol. The van der Waals surface area contributed by atoms with E-state index in [1.165, 1.54) is 22.4 Å². The molecule has 1 fully saturated rings. The van der Waals surface area contributed by atoms with Crippen molar-refractivity contribution in [2.75, 3.05) is 25.0 Å². The van der Waals surface area contributed by atoms with E-state index >= 15 is 0 Å². The number of thiophene rings is 1. The number of nitrogens with zero attached hydrogens (tertiary/aromatic N) is 2. The van der Waals surface area contributed by atoms with E-state index < -0.39 is 0 Å². The Hall–Kier alpha value is -2.16. The number of hydrogen-bond acceptors (Lipinski definition) is 4. The Morgan fingerprint density at radius 2 is 1.93 bits per heavy atom. The van der Waals surface area contributed by atoms with E-state index in [0.717, 1.165) is 56.6 Å². The predicted octanol–water partition coefficient (Wildman–Crippen LogP) is 4.39.